The van der Waals surface area contributed by atoms with Gasteiger partial charge in [0.05, 0.1) is 29.6 Å². The number of rotatable bonds is 6. The van der Waals surface area contributed by atoms with Crippen LogP contribution in [0.25, 0.3) is 21.8 Å². The highest BCUT2D eigenvalue weighted by Gasteiger charge is 2.26. The number of H-pyrrole nitrogens is 1. The molecule has 5 rings (SSSR count). The standard InChI is InChI=1S/C25H26ClN5O4/c1-3-34-20-13-17-19(14-21(20)35-4-2)27-24(26)29-22(17)30-11-9-15(10-12-30)31-23(32)16-7-5-6-8-18(16)28-25(31)33/h5-8,13-15H,3-4,9-12H2,1-2H3,(H,28,33). The van der Waals surface area contributed by atoms with Gasteiger partial charge in [0, 0.05) is 30.6 Å². The Labute approximate surface area is 206 Å². The van der Waals surface area contributed by atoms with Gasteiger partial charge in [0.1, 0.15) is 5.82 Å². The number of halogens is 1. The molecule has 2 aromatic carbocycles. The number of hydrogen-bond donors (Lipinski definition) is 1. The summed E-state index contributed by atoms with van der Waals surface area (Å²) in [5.74, 6) is 1.93. The number of benzene rings is 2. The van der Waals surface area contributed by atoms with E-state index in [0.29, 0.717) is 72.9 Å². The number of nitrogens with one attached hydrogen (secondary N) is 1. The summed E-state index contributed by atoms with van der Waals surface area (Å²) in [7, 11) is 0. The molecule has 182 valence electrons. The fourth-order valence-corrected chi connectivity index (χ4v) is 4.89. The van der Waals surface area contributed by atoms with Gasteiger partial charge in [-0.05, 0) is 56.5 Å². The lowest BCUT2D eigenvalue weighted by molar-refractivity contribution is 0.288. The third-order valence-corrected chi connectivity index (χ3v) is 6.45. The quantitative estimate of drug-likeness (QED) is 0.404. The van der Waals surface area contributed by atoms with E-state index in [1.54, 1.807) is 24.3 Å². The van der Waals surface area contributed by atoms with Gasteiger partial charge in [0.15, 0.2) is 11.5 Å². The van der Waals surface area contributed by atoms with E-state index in [1.165, 1.54) is 4.57 Å². The van der Waals surface area contributed by atoms with Crippen molar-refractivity contribution in [3.8, 4) is 11.5 Å². The Hall–Kier alpha value is -3.59. The molecule has 0 unspecified atom stereocenters. The summed E-state index contributed by atoms with van der Waals surface area (Å²) in [4.78, 5) is 39.7. The molecule has 1 aliphatic rings. The molecule has 3 heterocycles. The zero-order valence-corrected chi connectivity index (χ0v) is 20.3. The number of hydrogen-bond acceptors (Lipinski definition) is 7. The molecule has 0 spiro atoms. The van der Waals surface area contributed by atoms with Gasteiger partial charge in [-0.25, -0.2) is 9.78 Å². The van der Waals surface area contributed by atoms with Crippen molar-refractivity contribution in [3.63, 3.8) is 0 Å². The first-order valence-corrected chi connectivity index (χ1v) is 12.1. The van der Waals surface area contributed by atoms with Crippen molar-refractivity contribution in [1.29, 1.82) is 0 Å². The number of nitrogens with zero attached hydrogens (tertiary/aromatic N) is 4. The molecular formula is C25H26ClN5O4. The van der Waals surface area contributed by atoms with Crippen molar-refractivity contribution in [1.82, 2.24) is 19.5 Å². The Morgan fingerprint density at radius 2 is 1.69 bits per heavy atom. The van der Waals surface area contributed by atoms with Gasteiger partial charge in [0.25, 0.3) is 5.56 Å². The van der Waals surface area contributed by atoms with Crippen molar-refractivity contribution in [3.05, 3.63) is 62.5 Å². The molecule has 0 radical (unpaired) electrons. The average molecular weight is 496 g/mol. The van der Waals surface area contributed by atoms with E-state index in [0.717, 1.165) is 5.39 Å². The van der Waals surface area contributed by atoms with Gasteiger partial charge in [-0.15, -0.1) is 0 Å². The lowest BCUT2D eigenvalue weighted by Crippen LogP contribution is -2.43. The lowest BCUT2D eigenvalue weighted by Gasteiger charge is -2.33. The Morgan fingerprint density at radius 3 is 2.40 bits per heavy atom. The maximum atomic E-state index is 13.1. The Morgan fingerprint density at radius 1 is 1.00 bits per heavy atom. The Bertz CT molecular complexity index is 1510. The minimum absolute atomic E-state index is 0.142. The van der Waals surface area contributed by atoms with E-state index in [1.807, 2.05) is 26.0 Å². The molecule has 4 aromatic rings. The lowest BCUT2D eigenvalue weighted by atomic mass is 10.0. The molecule has 0 atom stereocenters. The summed E-state index contributed by atoms with van der Waals surface area (Å²) in [6, 6.07) is 10.6. The van der Waals surface area contributed by atoms with Crippen LogP contribution in [0.4, 0.5) is 5.82 Å². The first kappa shape index (κ1) is 23.2. The van der Waals surface area contributed by atoms with E-state index in [2.05, 4.69) is 19.9 Å². The zero-order chi connectivity index (χ0) is 24.5. The molecule has 1 fully saturated rings. The summed E-state index contributed by atoms with van der Waals surface area (Å²) in [6.07, 6.45) is 1.22. The molecule has 0 amide bonds. The smallest absolute Gasteiger partial charge is 0.329 e. The highest BCUT2D eigenvalue weighted by molar-refractivity contribution is 6.28. The summed E-state index contributed by atoms with van der Waals surface area (Å²) in [5, 5.41) is 1.46. The Kier molecular flexibility index (Phi) is 6.34. The summed E-state index contributed by atoms with van der Waals surface area (Å²) >= 11 is 6.28. The van der Waals surface area contributed by atoms with Crippen LogP contribution in [0.3, 0.4) is 0 Å². The number of aromatic nitrogens is 4. The van der Waals surface area contributed by atoms with Crippen molar-refractivity contribution in [2.24, 2.45) is 0 Å². The van der Waals surface area contributed by atoms with Gasteiger partial charge in [-0.2, -0.15) is 4.98 Å². The third-order valence-electron chi connectivity index (χ3n) is 6.28. The van der Waals surface area contributed by atoms with Crippen LogP contribution in [-0.4, -0.2) is 45.8 Å². The first-order chi connectivity index (χ1) is 17.0. The van der Waals surface area contributed by atoms with Crippen LogP contribution < -0.4 is 25.6 Å². The number of ether oxygens (including phenoxy) is 2. The van der Waals surface area contributed by atoms with E-state index >= 15 is 0 Å². The van der Waals surface area contributed by atoms with Gasteiger partial charge in [0.2, 0.25) is 5.28 Å². The van der Waals surface area contributed by atoms with Crippen LogP contribution >= 0.6 is 11.6 Å². The third kappa shape index (κ3) is 4.32. The second-order valence-corrected chi connectivity index (χ2v) is 8.71. The summed E-state index contributed by atoms with van der Waals surface area (Å²) < 4.78 is 12.9. The van der Waals surface area contributed by atoms with Crippen molar-refractivity contribution < 1.29 is 9.47 Å². The fourth-order valence-electron chi connectivity index (χ4n) is 4.71. The van der Waals surface area contributed by atoms with Crippen LogP contribution in [-0.2, 0) is 0 Å². The fraction of sp³-hybridized carbons (Fsp3) is 0.360. The second kappa shape index (κ2) is 9.58. The number of para-hydroxylation sites is 1. The molecule has 1 N–H and O–H groups in total. The van der Waals surface area contributed by atoms with E-state index in [-0.39, 0.29) is 22.6 Å². The molecule has 10 heteroatoms. The SMILES string of the molecule is CCOc1cc2nc(Cl)nc(N3CCC(n4c(=O)[nH]c5ccccc5c4=O)CC3)c2cc1OCC. The van der Waals surface area contributed by atoms with E-state index < -0.39 is 0 Å². The normalized spacial score (nSPS) is 14.5. The molecule has 0 bridgehead atoms. The predicted octanol–water partition coefficient (Wildman–Crippen LogP) is 3.93. The van der Waals surface area contributed by atoms with Crippen molar-refractivity contribution in [2.45, 2.75) is 32.7 Å². The van der Waals surface area contributed by atoms with Crippen LogP contribution in [0, 0.1) is 0 Å². The highest BCUT2D eigenvalue weighted by atomic mass is 35.5. The monoisotopic (exact) mass is 495 g/mol. The van der Waals surface area contributed by atoms with Gasteiger partial charge >= 0.3 is 5.69 Å². The summed E-state index contributed by atoms with van der Waals surface area (Å²) in [6.45, 7) is 6.02. The molecule has 35 heavy (non-hydrogen) atoms. The van der Waals surface area contributed by atoms with Crippen LogP contribution in [0.1, 0.15) is 32.7 Å². The first-order valence-electron chi connectivity index (χ1n) is 11.8. The molecule has 2 aromatic heterocycles. The van der Waals surface area contributed by atoms with E-state index in [4.69, 9.17) is 21.1 Å². The van der Waals surface area contributed by atoms with E-state index in [9.17, 15) is 9.59 Å². The molecule has 0 saturated carbocycles. The largest absolute Gasteiger partial charge is 0.490 e. The number of anilines is 1. The van der Waals surface area contributed by atoms with Gasteiger partial charge in [-0.3, -0.25) is 9.36 Å². The van der Waals surface area contributed by atoms with Crippen LogP contribution in [0.2, 0.25) is 5.28 Å². The maximum absolute atomic E-state index is 13.1. The molecule has 1 saturated heterocycles. The molecule has 0 aliphatic carbocycles. The number of aromatic amines is 1. The maximum Gasteiger partial charge on any atom is 0.329 e. The predicted molar refractivity (Wildman–Crippen MR) is 136 cm³/mol. The zero-order valence-electron chi connectivity index (χ0n) is 19.6. The number of piperidine rings is 1. The Balaban J connectivity index is 1.47. The number of fused-ring (bicyclic) bond motifs is 2. The topological polar surface area (TPSA) is 102 Å². The van der Waals surface area contributed by atoms with Crippen LogP contribution in [0.15, 0.2) is 46.0 Å². The highest BCUT2D eigenvalue weighted by Crippen LogP contribution is 2.37. The van der Waals surface area contributed by atoms with Crippen molar-refractivity contribution in [2.75, 3.05) is 31.2 Å². The van der Waals surface area contributed by atoms with Gasteiger partial charge < -0.3 is 19.4 Å². The minimum atomic E-state index is -0.382. The van der Waals surface area contributed by atoms with Crippen molar-refractivity contribution >= 4 is 39.2 Å². The van der Waals surface area contributed by atoms with Crippen LogP contribution in [0.5, 0.6) is 11.5 Å². The molecule has 9 nitrogen and oxygen atoms in total. The molecular weight excluding hydrogens is 470 g/mol. The average Bonchev–Trinajstić information content (AvgIpc) is 2.85. The molecule has 1 aliphatic heterocycles. The summed E-state index contributed by atoms with van der Waals surface area (Å²) in [5.41, 5.74) is 0.571. The minimum Gasteiger partial charge on any atom is -0.490 e. The second-order valence-electron chi connectivity index (χ2n) is 8.37. The van der Waals surface area contributed by atoms with Gasteiger partial charge in [-0.1, -0.05) is 12.1 Å².